The van der Waals surface area contributed by atoms with E-state index in [1.807, 2.05) is 68.4 Å². The van der Waals surface area contributed by atoms with Crippen molar-refractivity contribution in [2.75, 3.05) is 25.0 Å². The lowest BCUT2D eigenvalue weighted by atomic mass is 10.0. The van der Waals surface area contributed by atoms with Gasteiger partial charge in [0, 0.05) is 31.3 Å². The molecule has 7 heteroatoms. The smallest absolute Gasteiger partial charge is 0.258 e. The molecule has 172 valence electrons. The van der Waals surface area contributed by atoms with Gasteiger partial charge in [-0.1, -0.05) is 54.6 Å². The number of carbonyl (C=O) groups is 1. The van der Waals surface area contributed by atoms with Crippen LogP contribution >= 0.6 is 0 Å². The fourth-order valence-electron chi connectivity index (χ4n) is 4.20. The van der Waals surface area contributed by atoms with Gasteiger partial charge in [0.05, 0.1) is 22.8 Å². The number of carbonyl (C=O) groups excluding carboxylic acids is 1. The van der Waals surface area contributed by atoms with Crippen molar-refractivity contribution in [3.05, 3.63) is 84.4 Å². The highest BCUT2D eigenvalue weighted by Gasteiger charge is 2.32. The van der Waals surface area contributed by atoms with Crippen LogP contribution in [0.3, 0.4) is 0 Å². The number of anilines is 1. The molecule has 1 amide bonds. The second kappa shape index (κ2) is 9.47. The molecule has 1 aliphatic rings. The maximum atomic E-state index is 13.4. The van der Waals surface area contributed by atoms with Crippen LogP contribution in [-0.2, 0) is 14.8 Å². The van der Waals surface area contributed by atoms with E-state index in [2.05, 4.69) is 0 Å². The Balaban J connectivity index is 1.64. The van der Waals surface area contributed by atoms with E-state index in [4.69, 9.17) is 4.74 Å². The Bertz CT molecular complexity index is 1230. The van der Waals surface area contributed by atoms with Crippen LogP contribution < -0.4 is 4.90 Å². The summed E-state index contributed by atoms with van der Waals surface area (Å²) in [6.45, 7) is 4.29. The molecule has 33 heavy (non-hydrogen) atoms. The van der Waals surface area contributed by atoms with Gasteiger partial charge < -0.3 is 9.64 Å². The first-order chi connectivity index (χ1) is 15.8. The summed E-state index contributed by atoms with van der Waals surface area (Å²) in [6.07, 6.45) is -0.372. The number of morpholine rings is 1. The van der Waals surface area contributed by atoms with Crippen LogP contribution in [0.25, 0.3) is 11.1 Å². The van der Waals surface area contributed by atoms with Crippen molar-refractivity contribution < 1.29 is 17.9 Å². The lowest BCUT2D eigenvalue weighted by Crippen LogP contribution is -2.48. The number of hydrogen-bond donors (Lipinski definition) is 0. The molecule has 3 aromatic rings. The molecule has 0 bridgehead atoms. The van der Waals surface area contributed by atoms with Crippen molar-refractivity contribution in [3.8, 4) is 11.1 Å². The normalized spacial score (nSPS) is 19.2. The topological polar surface area (TPSA) is 66.9 Å². The van der Waals surface area contributed by atoms with E-state index in [0.717, 1.165) is 16.8 Å². The van der Waals surface area contributed by atoms with Crippen LogP contribution in [0.2, 0.25) is 0 Å². The quantitative estimate of drug-likeness (QED) is 0.560. The second-order valence-corrected chi connectivity index (χ2v) is 10.3. The first kappa shape index (κ1) is 23.2. The molecule has 0 radical (unpaired) electrons. The molecule has 0 aliphatic carbocycles. The average molecular weight is 465 g/mol. The number of ether oxygens (including phenoxy) is 1. The lowest BCUT2D eigenvalue weighted by Gasteiger charge is -2.34. The first-order valence-corrected chi connectivity index (χ1v) is 12.4. The lowest BCUT2D eigenvalue weighted by molar-refractivity contribution is -0.0440. The highest BCUT2D eigenvalue weighted by molar-refractivity contribution is 7.89. The largest absolute Gasteiger partial charge is 0.373 e. The zero-order chi connectivity index (χ0) is 23.6. The number of sulfonamides is 1. The highest BCUT2D eigenvalue weighted by atomic mass is 32.2. The number of rotatable bonds is 5. The van der Waals surface area contributed by atoms with E-state index < -0.39 is 10.0 Å². The minimum atomic E-state index is -3.74. The average Bonchev–Trinajstić information content (AvgIpc) is 2.83. The van der Waals surface area contributed by atoms with Crippen molar-refractivity contribution in [1.82, 2.24) is 4.31 Å². The third-order valence-corrected chi connectivity index (χ3v) is 7.59. The molecule has 0 saturated carbocycles. The number of benzene rings is 3. The summed E-state index contributed by atoms with van der Waals surface area (Å²) in [7, 11) is -2.04. The van der Waals surface area contributed by atoms with Crippen molar-refractivity contribution in [2.24, 2.45) is 0 Å². The molecule has 1 fully saturated rings. The van der Waals surface area contributed by atoms with E-state index in [1.165, 1.54) is 16.4 Å². The van der Waals surface area contributed by atoms with E-state index in [-0.39, 0.29) is 36.1 Å². The van der Waals surface area contributed by atoms with E-state index in [9.17, 15) is 13.2 Å². The Labute approximate surface area is 195 Å². The van der Waals surface area contributed by atoms with Gasteiger partial charge in [0.15, 0.2) is 0 Å². The Morgan fingerprint density at radius 3 is 2.24 bits per heavy atom. The molecule has 1 saturated heterocycles. The molecule has 2 unspecified atom stereocenters. The van der Waals surface area contributed by atoms with Crippen LogP contribution in [0.1, 0.15) is 24.2 Å². The third-order valence-electron chi connectivity index (χ3n) is 5.76. The molecule has 2 atom stereocenters. The van der Waals surface area contributed by atoms with Crippen LogP contribution in [0, 0.1) is 0 Å². The molecular weight excluding hydrogens is 436 g/mol. The summed E-state index contributed by atoms with van der Waals surface area (Å²) in [5.74, 6) is -0.279. The van der Waals surface area contributed by atoms with Gasteiger partial charge in [-0.15, -0.1) is 0 Å². The molecule has 0 N–H and O–H groups in total. The molecular formula is C26H28N2O4S. The van der Waals surface area contributed by atoms with Gasteiger partial charge in [-0.3, -0.25) is 4.79 Å². The zero-order valence-electron chi connectivity index (χ0n) is 19.0. The summed E-state index contributed by atoms with van der Waals surface area (Å²) in [4.78, 5) is 15.1. The summed E-state index contributed by atoms with van der Waals surface area (Å²) < 4.78 is 33.7. The number of nitrogens with zero attached hydrogens (tertiary/aromatic N) is 2. The van der Waals surface area contributed by atoms with E-state index in [0.29, 0.717) is 5.56 Å². The Kier molecular flexibility index (Phi) is 6.65. The van der Waals surface area contributed by atoms with Gasteiger partial charge in [0.25, 0.3) is 5.91 Å². The molecule has 0 spiro atoms. The summed E-state index contributed by atoms with van der Waals surface area (Å²) in [5, 5.41) is 0. The second-order valence-electron chi connectivity index (χ2n) is 8.35. The van der Waals surface area contributed by atoms with E-state index >= 15 is 0 Å². The summed E-state index contributed by atoms with van der Waals surface area (Å²) >= 11 is 0. The van der Waals surface area contributed by atoms with Crippen LogP contribution in [-0.4, -0.2) is 51.0 Å². The van der Waals surface area contributed by atoms with Crippen LogP contribution in [0.4, 0.5) is 5.69 Å². The third kappa shape index (κ3) is 4.85. The zero-order valence-corrected chi connectivity index (χ0v) is 19.8. The maximum absolute atomic E-state index is 13.4. The van der Waals surface area contributed by atoms with Gasteiger partial charge >= 0.3 is 0 Å². The monoisotopic (exact) mass is 464 g/mol. The van der Waals surface area contributed by atoms with E-state index in [1.54, 1.807) is 24.1 Å². The predicted octanol–water partition coefficient (Wildman–Crippen LogP) is 4.43. The summed E-state index contributed by atoms with van der Waals surface area (Å²) in [5.41, 5.74) is 2.99. The highest BCUT2D eigenvalue weighted by Crippen LogP contribution is 2.31. The Morgan fingerprint density at radius 2 is 1.55 bits per heavy atom. The van der Waals surface area contributed by atoms with Gasteiger partial charge in [-0.25, -0.2) is 8.42 Å². The standard InChI is InChI=1S/C26H28N2O4S/c1-19-17-28(18-20(2)32-19)33(30,31)23-13-9-12-22(16-23)26(29)27(3)25-15-8-7-14-24(25)21-10-5-4-6-11-21/h4-16,19-20H,17-18H2,1-3H3. The van der Waals surface area contributed by atoms with Crippen LogP contribution in [0.5, 0.6) is 0 Å². The number of hydrogen-bond acceptors (Lipinski definition) is 4. The molecule has 1 aliphatic heterocycles. The first-order valence-electron chi connectivity index (χ1n) is 11.0. The van der Waals surface area contributed by atoms with Gasteiger partial charge in [-0.05, 0) is 43.7 Å². The SMILES string of the molecule is CC1CN(S(=O)(=O)c2cccc(C(=O)N(C)c3ccccc3-c3ccccc3)c2)CC(C)O1. The van der Waals surface area contributed by atoms with Gasteiger partial charge in [0.1, 0.15) is 0 Å². The number of amides is 1. The molecule has 3 aromatic carbocycles. The van der Waals surface area contributed by atoms with Crippen LogP contribution in [0.15, 0.2) is 83.8 Å². The predicted molar refractivity (Wildman–Crippen MR) is 130 cm³/mol. The molecule has 6 nitrogen and oxygen atoms in total. The maximum Gasteiger partial charge on any atom is 0.258 e. The number of para-hydroxylation sites is 1. The molecule has 0 aromatic heterocycles. The van der Waals surface area contributed by atoms with Crippen molar-refractivity contribution in [2.45, 2.75) is 31.0 Å². The molecule has 4 rings (SSSR count). The minimum absolute atomic E-state index is 0.111. The van der Waals surface area contributed by atoms with Crippen molar-refractivity contribution >= 4 is 21.6 Å². The Morgan fingerprint density at radius 1 is 0.909 bits per heavy atom. The fourth-order valence-corrected chi connectivity index (χ4v) is 5.83. The minimum Gasteiger partial charge on any atom is -0.373 e. The summed E-state index contributed by atoms with van der Waals surface area (Å²) in [6, 6.07) is 23.8. The van der Waals surface area contributed by atoms with Gasteiger partial charge in [0.2, 0.25) is 10.0 Å². The van der Waals surface area contributed by atoms with Crippen molar-refractivity contribution in [3.63, 3.8) is 0 Å². The fraction of sp³-hybridized carbons (Fsp3) is 0.269. The van der Waals surface area contributed by atoms with Crippen molar-refractivity contribution in [1.29, 1.82) is 0 Å². The Hall–Kier alpha value is -3.00. The van der Waals surface area contributed by atoms with Gasteiger partial charge in [-0.2, -0.15) is 4.31 Å². The molecule has 1 heterocycles.